The fourth-order valence-electron chi connectivity index (χ4n) is 1.73. The number of hydrogen-bond acceptors (Lipinski definition) is 4. The van der Waals surface area contributed by atoms with E-state index in [4.69, 9.17) is 5.73 Å². The number of hydrogen-bond donors (Lipinski definition) is 2. The molecular formula is C9H13N3O2. The van der Waals surface area contributed by atoms with Crippen molar-refractivity contribution in [2.24, 2.45) is 5.73 Å². The zero-order valence-corrected chi connectivity index (χ0v) is 7.77. The lowest BCUT2D eigenvalue weighted by molar-refractivity contribution is 0.0937. The quantitative estimate of drug-likeness (QED) is 0.710. The molecule has 5 heteroatoms. The van der Waals surface area contributed by atoms with Crippen molar-refractivity contribution < 1.29 is 9.32 Å². The molecule has 2 atom stereocenters. The van der Waals surface area contributed by atoms with E-state index in [1.807, 2.05) is 0 Å². The van der Waals surface area contributed by atoms with Gasteiger partial charge in [-0.2, -0.15) is 0 Å². The average Bonchev–Trinajstić information content (AvgIpc) is 2.75. The second-order valence-corrected chi connectivity index (χ2v) is 3.66. The molecule has 1 fully saturated rings. The summed E-state index contributed by atoms with van der Waals surface area (Å²) in [5.41, 5.74) is 6.20. The van der Waals surface area contributed by atoms with Gasteiger partial charge in [0.15, 0.2) is 0 Å². The van der Waals surface area contributed by atoms with E-state index in [0.717, 1.165) is 19.3 Å². The zero-order valence-electron chi connectivity index (χ0n) is 7.77. The minimum absolute atomic E-state index is 0.134. The predicted molar refractivity (Wildman–Crippen MR) is 49.6 cm³/mol. The number of nitrogens with two attached hydrogens (primary N) is 1. The van der Waals surface area contributed by atoms with Crippen molar-refractivity contribution >= 4 is 5.91 Å². The summed E-state index contributed by atoms with van der Waals surface area (Å²) in [5, 5.41) is 6.36. The molecule has 0 aliphatic heterocycles. The molecular weight excluding hydrogens is 182 g/mol. The second-order valence-electron chi connectivity index (χ2n) is 3.66. The summed E-state index contributed by atoms with van der Waals surface area (Å²) < 4.78 is 4.59. The number of aromatic nitrogens is 1. The third-order valence-corrected chi connectivity index (χ3v) is 2.50. The Morgan fingerprint density at radius 1 is 1.64 bits per heavy atom. The molecule has 0 spiro atoms. The summed E-state index contributed by atoms with van der Waals surface area (Å²) >= 11 is 0. The van der Waals surface area contributed by atoms with Gasteiger partial charge in [0.1, 0.15) is 6.26 Å². The van der Waals surface area contributed by atoms with E-state index in [9.17, 15) is 4.79 Å². The van der Waals surface area contributed by atoms with Gasteiger partial charge < -0.3 is 15.6 Å². The van der Waals surface area contributed by atoms with Crippen molar-refractivity contribution in [1.82, 2.24) is 10.5 Å². The maximum Gasteiger partial charge on any atom is 0.256 e. The molecule has 1 aliphatic rings. The number of amides is 1. The van der Waals surface area contributed by atoms with Crippen molar-refractivity contribution in [3.05, 3.63) is 18.0 Å². The van der Waals surface area contributed by atoms with Crippen LogP contribution in [-0.2, 0) is 0 Å². The topological polar surface area (TPSA) is 81.1 Å². The molecule has 76 valence electrons. The van der Waals surface area contributed by atoms with Crippen molar-refractivity contribution in [1.29, 1.82) is 0 Å². The Balaban J connectivity index is 1.89. The SMILES string of the molecule is NC1CCC(NC(=O)c2cnoc2)C1. The Bertz CT molecular complexity index is 310. The molecule has 0 aromatic carbocycles. The summed E-state index contributed by atoms with van der Waals surface area (Å²) in [7, 11) is 0. The van der Waals surface area contributed by atoms with Crippen LogP contribution >= 0.6 is 0 Å². The second kappa shape index (κ2) is 3.79. The number of carbonyl (C=O) groups is 1. The summed E-state index contributed by atoms with van der Waals surface area (Å²) in [4.78, 5) is 11.5. The molecule has 2 unspecified atom stereocenters. The van der Waals surface area contributed by atoms with Gasteiger partial charge in [-0.3, -0.25) is 4.79 Å². The first-order chi connectivity index (χ1) is 6.75. The largest absolute Gasteiger partial charge is 0.364 e. The minimum Gasteiger partial charge on any atom is -0.364 e. The van der Waals surface area contributed by atoms with Gasteiger partial charge in [0.2, 0.25) is 0 Å². The Labute approximate surface area is 81.6 Å². The lowest BCUT2D eigenvalue weighted by Crippen LogP contribution is -2.33. The number of carbonyl (C=O) groups excluding carboxylic acids is 1. The molecule has 5 nitrogen and oxygen atoms in total. The number of rotatable bonds is 2. The van der Waals surface area contributed by atoms with Gasteiger partial charge in [0.05, 0.1) is 11.8 Å². The standard InChI is InChI=1S/C9H13N3O2/c10-7-1-2-8(3-7)12-9(13)6-4-11-14-5-6/h4-5,7-8H,1-3,10H2,(H,12,13). The van der Waals surface area contributed by atoms with E-state index >= 15 is 0 Å². The van der Waals surface area contributed by atoms with Crippen molar-refractivity contribution in [3.63, 3.8) is 0 Å². The average molecular weight is 195 g/mol. The Hall–Kier alpha value is -1.36. The minimum atomic E-state index is -0.134. The number of nitrogens with one attached hydrogen (secondary N) is 1. The molecule has 1 aromatic heterocycles. The Morgan fingerprint density at radius 3 is 3.07 bits per heavy atom. The van der Waals surface area contributed by atoms with E-state index in [-0.39, 0.29) is 18.0 Å². The monoisotopic (exact) mass is 195 g/mol. The van der Waals surface area contributed by atoms with Crippen LogP contribution in [0.3, 0.4) is 0 Å². The third-order valence-electron chi connectivity index (χ3n) is 2.50. The van der Waals surface area contributed by atoms with Gasteiger partial charge >= 0.3 is 0 Å². The van der Waals surface area contributed by atoms with Crippen LogP contribution in [0, 0.1) is 0 Å². The van der Waals surface area contributed by atoms with Crippen molar-refractivity contribution in [3.8, 4) is 0 Å². The fourth-order valence-corrected chi connectivity index (χ4v) is 1.73. The van der Waals surface area contributed by atoms with Gasteiger partial charge in [-0.25, -0.2) is 0 Å². The van der Waals surface area contributed by atoms with Gasteiger partial charge in [-0.15, -0.1) is 0 Å². The summed E-state index contributed by atoms with van der Waals surface area (Å²) in [6.07, 6.45) is 5.54. The predicted octanol–water partition coefficient (Wildman–Crippen LogP) is 0.284. The van der Waals surface area contributed by atoms with Crippen LogP contribution in [-0.4, -0.2) is 23.1 Å². The van der Waals surface area contributed by atoms with Crippen LogP contribution in [0.2, 0.25) is 0 Å². The molecule has 1 aromatic rings. The summed E-state index contributed by atoms with van der Waals surface area (Å²) in [6.45, 7) is 0. The van der Waals surface area contributed by atoms with Crippen LogP contribution in [0.1, 0.15) is 29.6 Å². The Kier molecular flexibility index (Phi) is 2.49. The normalized spacial score (nSPS) is 26.4. The van der Waals surface area contributed by atoms with E-state index in [2.05, 4.69) is 15.0 Å². The maximum absolute atomic E-state index is 11.5. The molecule has 1 saturated carbocycles. The lowest BCUT2D eigenvalue weighted by Gasteiger charge is -2.10. The van der Waals surface area contributed by atoms with E-state index < -0.39 is 0 Å². The van der Waals surface area contributed by atoms with Gasteiger partial charge in [-0.05, 0) is 19.3 Å². The molecule has 0 saturated heterocycles. The fraction of sp³-hybridized carbons (Fsp3) is 0.556. The molecule has 3 N–H and O–H groups in total. The van der Waals surface area contributed by atoms with Crippen LogP contribution in [0.15, 0.2) is 17.0 Å². The lowest BCUT2D eigenvalue weighted by atomic mass is 10.2. The summed E-state index contributed by atoms with van der Waals surface area (Å²) in [6, 6.07) is 0.426. The molecule has 1 aliphatic carbocycles. The molecule has 0 bridgehead atoms. The molecule has 14 heavy (non-hydrogen) atoms. The Morgan fingerprint density at radius 2 is 2.50 bits per heavy atom. The van der Waals surface area contributed by atoms with E-state index in [1.54, 1.807) is 0 Å². The maximum atomic E-state index is 11.5. The highest BCUT2D eigenvalue weighted by atomic mass is 16.5. The first kappa shape index (κ1) is 9.21. The molecule has 0 radical (unpaired) electrons. The summed E-state index contributed by atoms with van der Waals surface area (Å²) in [5.74, 6) is -0.134. The van der Waals surface area contributed by atoms with Crippen LogP contribution in [0.5, 0.6) is 0 Å². The van der Waals surface area contributed by atoms with Crippen molar-refractivity contribution in [2.45, 2.75) is 31.3 Å². The first-order valence-corrected chi connectivity index (χ1v) is 4.71. The highest BCUT2D eigenvalue weighted by Crippen LogP contribution is 2.17. The van der Waals surface area contributed by atoms with E-state index in [1.165, 1.54) is 12.5 Å². The molecule has 1 heterocycles. The zero-order chi connectivity index (χ0) is 9.97. The van der Waals surface area contributed by atoms with Gasteiger partial charge in [0.25, 0.3) is 5.91 Å². The van der Waals surface area contributed by atoms with Crippen LogP contribution < -0.4 is 11.1 Å². The smallest absolute Gasteiger partial charge is 0.256 e. The molecule has 1 amide bonds. The van der Waals surface area contributed by atoms with E-state index in [0.29, 0.717) is 5.56 Å². The molecule has 2 rings (SSSR count). The highest BCUT2D eigenvalue weighted by Gasteiger charge is 2.23. The van der Waals surface area contributed by atoms with Crippen molar-refractivity contribution in [2.75, 3.05) is 0 Å². The van der Waals surface area contributed by atoms with Gasteiger partial charge in [0, 0.05) is 12.1 Å². The van der Waals surface area contributed by atoms with Crippen LogP contribution in [0.25, 0.3) is 0 Å². The van der Waals surface area contributed by atoms with Crippen LogP contribution in [0.4, 0.5) is 0 Å². The first-order valence-electron chi connectivity index (χ1n) is 4.71. The third kappa shape index (κ3) is 1.93. The number of nitrogens with zero attached hydrogens (tertiary/aromatic N) is 1. The van der Waals surface area contributed by atoms with Gasteiger partial charge in [-0.1, -0.05) is 5.16 Å². The highest BCUT2D eigenvalue weighted by molar-refractivity contribution is 5.93.